The van der Waals surface area contributed by atoms with E-state index in [2.05, 4.69) is 15.6 Å². The first-order valence-corrected chi connectivity index (χ1v) is 9.01. The van der Waals surface area contributed by atoms with E-state index in [0.29, 0.717) is 30.3 Å². The van der Waals surface area contributed by atoms with Gasteiger partial charge >= 0.3 is 0 Å². The molecule has 0 bridgehead atoms. The maximum atomic E-state index is 12.8. The summed E-state index contributed by atoms with van der Waals surface area (Å²) in [6.45, 7) is 2.98. The number of nitrogens with one attached hydrogen (secondary N) is 2. The molecule has 2 N–H and O–H groups in total. The van der Waals surface area contributed by atoms with Gasteiger partial charge in [0.1, 0.15) is 5.82 Å². The Morgan fingerprint density at radius 1 is 1.36 bits per heavy atom. The number of fused-ring (bicyclic) bond motifs is 1. The van der Waals surface area contributed by atoms with Crippen LogP contribution >= 0.6 is 0 Å². The third-order valence-corrected chi connectivity index (χ3v) is 5.30. The molecular weight excluding hydrogens is 318 g/mol. The van der Waals surface area contributed by atoms with E-state index < -0.39 is 0 Å². The number of hydrogen-bond acceptors (Lipinski definition) is 5. The SMILES string of the molecule is CNCCN1C(=O)CC[C@H]2CN(C(=O)c3ccnc(NC)c3)CC[C@H]21. The molecule has 7 nitrogen and oxygen atoms in total. The van der Waals surface area contributed by atoms with Crippen LogP contribution in [0.5, 0.6) is 0 Å². The minimum atomic E-state index is 0.0519. The summed E-state index contributed by atoms with van der Waals surface area (Å²) < 4.78 is 0. The second-order valence-corrected chi connectivity index (χ2v) is 6.78. The number of likely N-dealkylation sites (tertiary alicyclic amines) is 2. The van der Waals surface area contributed by atoms with Crippen molar-refractivity contribution in [1.29, 1.82) is 0 Å². The molecule has 3 heterocycles. The molecule has 25 heavy (non-hydrogen) atoms. The zero-order valence-corrected chi connectivity index (χ0v) is 15.0. The topological polar surface area (TPSA) is 77.6 Å². The molecule has 2 aliphatic heterocycles. The molecule has 0 saturated carbocycles. The summed E-state index contributed by atoms with van der Waals surface area (Å²) in [4.78, 5) is 33.2. The Morgan fingerprint density at radius 3 is 2.96 bits per heavy atom. The van der Waals surface area contributed by atoms with Crippen LogP contribution in [0.3, 0.4) is 0 Å². The van der Waals surface area contributed by atoms with Gasteiger partial charge in [0.15, 0.2) is 0 Å². The molecule has 2 atom stereocenters. The maximum Gasteiger partial charge on any atom is 0.254 e. The van der Waals surface area contributed by atoms with Crippen LogP contribution in [0.2, 0.25) is 0 Å². The first-order chi connectivity index (χ1) is 12.1. The van der Waals surface area contributed by atoms with E-state index in [1.807, 2.05) is 16.8 Å². The molecule has 2 fully saturated rings. The lowest BCUT2D eigenvalue weighted by Gasteiger charge is -2.47. The molecule has 2 amide bonds. The zero-order valence-electron chi connectivity index (χ0n) is 15.0. The second kappa shape index (κ2) is 7.82. The van der Waals surface area contributed by atoms with Gasteiger partial charge in [-0.15, -0.1) is 0 Å². The van der Waals surface area contributed by atoms with E-state index in [1.54, 1.807) is 25.4 Å². The largest absolute Gasteiger partial charge is 0.373 e. The van der Waals surface area contributed by atoms with Gasteiger partial charge in [0.05, 0.1) is 0 Å². The Balaban J connectivity index is 1.68. The van der Waals surface area contributed by atoms with Crippen LogP contribution < -0.4 is 10.6 Å². The van der Waals surface area contributed by atoms with Crippen LogP contribution in [0.4, 0.5) is 5.82 Å². The minimum Gasteiger partial charge on any atom is -0.373 e. The van der Waals surface area contributed by atoms with Crippen LogP contribution in [-0.4, -0.2) is 72.9 Å². The molecule has 3 rings (SSSR count). The fourth-order valence-electron chi connectivity index (χ4n) is 3.94. The van der Waals surface area contributed by atoms with Gasteiger partial charge in [0.25, 0.3) is 5.91 Å². The Kier molecular flexibility index (Phi) is 5.53. The molecule has 0 aromatic carbocycles. The number of hydrogen-bond donors (Lipinski definition) is 2. The van der Waals surface area contributed by atoms with Crippen molar-refractivity contribution < 1.29 is 9.59 Å². The number of anilines is 1. The molecule has 7 heteroatoms. The number of pyridine rings is 1. The molecule has 2 saturated heterocycles. The van der Waals surface area contributed by atoms with E-state index in [4.69, 9.17) is 0 Å². The molecule has 0 spiro atoms. The van der Waals surface area contributed by atoms with Gasteiger partial charge in [-0.25, -0.2) is 4.98 Å². The predicted molar refractivity (Wildman–Crippen MR) is 96.5 cm³/mol. The van der Waals surface area contributed by atoms with Gasteiger partial charge in [-0.2, -0.15) is 0 Å². The molecule has 0 unspecified atom stereocenters. The number of carbonyl (C=O) groups excluding carboxylic acids is 2. The highest BCUT2D eigenvalue weighted by atomic mass is 16.2. The lowest BCUT2D eigenvalue weighted by atomic mass is 9.83. The number of nitrogens with zero attached hydrogens (tertiary/aromatic N) is 3. The van der Waals surface area contributed by atoms with E-state index in [-0.39, 0.29) is 17.9 Å². The van der Waals surface area contributed by atoms with Crippen LogP contribution in [0.25, 0.3) is 0 Å². The third-order valence-electron chi connectivity index (χ3n) is 5.30. The average molecular weight is 345 g/mol. The van der Waals surface area contributed by atoms with Crippen molar-refractivity contribution in [3.8, 4) is 0 Å². The fraction of sp³-hybridized carbons (Fsp3) is 0.611. The smallest absolute Gasteiger partial charge is 0.254 e. The highest BCUT2D eigenvalue weighted by Gasteiger charge is 2.40. The highest BCUT2D eigenvalue weighted by Crippen LogP contribution is 2.31. The number of piperidine rings is 2. The number of likely N-dealkylation sites (N-methyl/N-ethyl adjacent to an activating group) is 1. The van der Waals surface area contributed by atoms with Crippen molar-refractivity contribution in [2.24, 2.45) is 5.92 Å². The Morgan fingerprint density at radius 2 is 2.20 bits per heavy atom. The molecule has 1 aromatic heterocycles. The van der Waals surface area contributed by atoms with E-state index >= 15 is 0 Å². The fourth-order valence-corrected chi connectivity index (χ4v) is 3.94. The quantitative estimate of drug-likeness (QED) is 0.825. The first-order valence-electron chi connectivity index (χ1n) is 9.01. The van der Waals surface area contributed by atoms with Crippen molar-refractivity contribution in [2.75, 3.05) is 45.6 Å². The first kappa shape index (κ1) is 17.7. The van der Waals surface area contributed by atoms with Crippen molar-refractivity contribution in [3.05, 3.63) is 23.9 Å². The van der Waals surface area contributed by atoms with Crippen LogP contribution in [-0.2, 0) is 4.79 Å². The van der Waals surface area contributed by atoms with Crippen molar-refractivity contribution in [3.63, 3.8) is 0 Å². The lowest BCUT2D eigenvalue weighted by Crippen LogP contribution is -2.57. The summed E-state index contributed by atoms with van der Waals surface area (Å²) >= 11 is 0. The van der Waals surface area contributed by atoms with E-state index in [9.17, 15) is 9.59 Å². The van der Waals surface area contributed by atoms with Gasteiger partial charge in [-0.05, 0) is 37.9 Å². The molecular formula is C18H27N5O2. The predicted octanol–water partition coefficient (Wildman–Crippen LogP) is 0.796. The van der Waals surface area contributed by atoms with Gasteiger partial charge in [0, 0.05) is 57.4 Å². The summed E-state index contributed by atoms with van der Waals surface area (Å²) in [5.41, 5.74) is 0.664. The van der Waals surface area contributed by atoms with Crippen molar-refractivity contribution in [1.82, 2.24) is 20.1 Å². The van der Waals surface area contributed by atoms with Crippen molar-refractivity contribution in [2.45, 2.75) is 25.3 Å². The Hall–Kier alpha value is -2.15. The molecule has 136 valence electrons. The number of aromatic nitrogens is 1. The number of amides is 2. The lowest BCUT2D eigenvalue weighted by molar-refractivity contribution is -0.140. The highest BCUT2D eigenvalue weighted by molar-refractivity contribution is 5.95. The van der Waals surface area contributed by atoms with Gasteiger partial charge in [0.2, 0.25) is 5.91 Å². The number of carbonyl (C=O) groups is 2. The summed E-state index contributed by atoms with van der Waals surface area (Å²) in [6.07, 6.45) is 3.98. The van der Waals surface area contributed by atoms with Crippen molar-refractivity contribution >= 4 is 17.6 Å². The van der Waals surface area contributed by atoms with Crippen LogP contribution in [0, 0.1) is 5.92 Å². The molecule has 0 radical (unpaired) electrons. The molecule has 2 aliphatic rings. The number of rotatable bonds is 5. The standard InChI is InChI=1S/C18H27N5O2/c1-19-8-10-23-15-6-9-22(12-14(15)3-4-17(23)24)18(25)13-5-7-21-16(11-13)20-2/h5,7,11,14-15,19H,3-4,6,8-10,12H2,1-2H3,(H,20,21)/t14-,15+/m0/s1. The second-order valence-electron chi connectivity index (χ2n) is 6.78. The monoisotopic (exact) mass is 345 g/mol. The Labute approximate surface area is 148 Å². The molecule has 0 aliphatic carbocycles. The van der Waals surface area contributed by atoms with Gasteiger partial charge < -0.3 is 20.4 Å². The van der Waals surface area contributed by atoms with Gasteiger partial charge in [-0.3, -0.25) is 9.59 Å². The average Bonchev–Trinajstić information content (AvgIpc) is 2.66. The minimum absolute atomic E-state index is 0.0519. The summed E-state index contributed by atoms with van der Waals surface area (Å²) in [7, 11) is 3.70. The van der Waals surface area contributed by atoms with E-state index in [0.717, 1.165) is 32.5 Å². The summed E-state index contributed by atoms with van der Waals surface area (Å²) in [6, 6.07) is 3.82. The maximum absolute atomic E-state index is 12.8. The van der Waals surface area contributed by atoms with E-state index in [1.165, 1.54) is 0 Å². The normalized spacial score (nSPS) is 23.4. The van der Waals surface area contributed by atoms with Crippen LogP contribution in [0.1, 0.15) is 29.6 Å². The van der Waals surface area contributed by atoms with Gasteiger partial charge in [-0.1, -0.05) is 0 Å². The zero-order chi connectivity index (χ0) is 17.8. The third kappa shape index (κ3) is 3.76. The summed E-state index contributed by atoms with van der Waals surface area (Å²) in [5, 5.41) is 6.09. The molecule has 1 aromatic rings. The van der Waals surface area contributed by atoms with Crippen LogP contribution in [0.15, 0.2) is 18.3 Å². The summed E-state index contributed by atoms with van der Waals surface area (Å²) in [5.74, 6) is 1.38. The Bertz CT molecular complexity index is 636.